The highest BCUT2D eigenvalue weighted by Gasteiger charge is 2.40. The molecular formula is C6H10O4. The Hall–Kier alpha value is -0.160. The zero-order valence-electron chi connectivity index (χ0n) is 5.53. The number of hydrogen-bond acceptors (Lipinski definition) is 4. The van der Waals surface area contributed by atoms with Crippen molar-refractivity contribution in [2.45, 2.75) is 18.5 Å². The Morgan fingerprint density at radius 2 is 2.40 bits per heavy atom. The van der Waals surface area contributed by atoms with Crippen molar-refractivity contribution in [2.75, 3.05) is 19.8 Å². The second kappa shape index (κ2) is 2.47. The van der Waals surface area contributed by atoms with Gasteiger partial charge in [0.1, 0.15) is 12.2 Å². The fourth-order valence-corrected chi connectivity index (χ4v) is 0.769. The molecule has 2 fully saturated rings. The standard InChI is InChI=1S/C6H10O4/c7-1-5-6(10-5)9-3-4-2-8-4/h4-7H,1-3H2. The van der Waals surface area contributed by atoms with Crippen LogP contribution in [0.1, 0.15) is 0 Å². The van der Waals surface area contributed by atoms with Crippen molar-refractivity contribution in [3.05, 3.63) is 0 Å². The summed E-state index contributed by atoms with van der Waals surface area (Å²) in [6.45, 7) is 1.45. The smallest absolute Gasteiger partial charge is 0.186 e. The molecule has 2 heterocycles. The zero-order valence-corrected chi connectivity index (χ0v) is 5.53. The minimum Gasteiger partial charge on any atom is -0.393 e. The van der Waals surface area contributed by atoms with Gasteiger partial charge in [0.15, 0.2) is 6.29 Å². The van der Waals surface area contributed by atoms with E-state index in [2.05, 4.69) is 0 Å². The first-order valence-electron chi connectivity index (χ1n) is 3.39. The molecule has 0 aromatic rings. The summed E-state index contributed by atoms with van der Waals surface area (Å²) in [6.07, 6.45) is 0.0245. The van der Waals surface area contributed by atoms with Gasteiger partial charge in [-0.15, -0.1) is 0 Å². The third-order valence-corrected chi connectivity index (χ3v) is 1.56. The lowest BCUT2D eigenvalue weighted by Gasteiger charge is -1.93. The van der Waals surface area contributed by atoms with E-state index in [0.29, 0.717) is 6.61 Å². The molecule has 0 bridgehead atoms. The lowest BCUT2D eigenvalue weighted by Crippen LogP contribution is -2.08. The zero-order chi connectivity index (χ0) is 6.97. The average Bonchev–Trinajstić information content (AvgIpc) is 2.82. The Morgan fingerprint density at radius 3 is 2.90 bits per heavy atom. The molecule has 58 valence electrons. The summed E-state index contributed by atoms with van der Waals surface area (Å²) >= 11 is 0. The molecule has 0 spiro atoms. The van der Waals surface area contributed by atoms with E-state index in [-0.39, 0.29) is 25.1 Å². The van der Waals surface area contributed by atoms with Crippen molar-refractivity contribution in [2.24, 2.45) is 0 Å². The number of hydrogen-bond donors (Lipinski definition) is 1. The lowest BCUT2D eigenvalue weighted by atomic mass is 10.5. The van der Waals surface area contributed by atoms with Crippen molar-refractivity contribution in [1.82, 2.24) is 0 Å². The van der Waals surface area contributed by atoms with Gasteiger partial charge in [0, 0.05) is 0 Å². The second-order valence-corrected chi connectivity index (χ2v) is 2.51. The number of ether oxygens (including phenoxy) is 3. The topological polar surface area (TPSA) is 54.5 Å². The molecule has 1 N–H and O–H groups in total. The lowest BCUT2D eigenvalue weighted by molar-refractivity contribution is 0.0405. The summed E-state index contributed by atoms with van der Waals surface area (Å²) in [5.41, 5.74) is 0. The summed E-state index contributed by atoms with van der Waals surface area (Å²) in [5.74, 6) is 0. The fraction of sp³-hybridized carbons (Fsp3) is 1.00. The van der Waals surface area contributed by atoms with E-state index >= 15 is 0 Å². The van der Waals surface area contributed by atoms with Crippen molar-refractivity contribution < 1.29 is 19.3 Å². The second-order valence-electron chi connectivity index (χ2n) is 2.51. The van der Waals surface area contributed by atoms with Crippen LogP contribution in [0.25, 0.3) is 0 Å². The first kappa shape index (κ1) is 6.54. The Labute approximate surface area is 58.7 Å². The first-order chi connectivity index (χ1) is 4.90. The van der Waals surface area contributed by atoms with Crippen LogP contribution in [0.3, 0.4) is 0 Å². The monoisotopic (exact) mass is 146 g/mol. The van der Waals surface area contributed by atoms with Crippen molar-refractivity contribution in [3.8, 4) is 0 Å². The van der Waals surface area contributed by atoms with Crippen molar-refractivity contribution >= 4 is 0 Å². The van der Waals surface area contributed by atoms with Gasteiger partial charge < -0.3 is 19.3 Å². The van der Waals surface area contributed by atoms with E-state index in [9.17, 15) is 0 Å². The summed E-state index contributed by atoms with van der Waals surface area (Å²) in [6, 6.07) is 0. The van der Waals surface area contributed by atoms with Crippen molar-refractivity contribution in [1.29, 1.82) is 0 Å². The van der Waals surface area contributed by atoms with E-state index in [1.54, 1.807) is 0 Å². The maximum absolute atomic E-state index is 8.52. The van der Waals surface area contributed by atoms with E-state index in [4.69, 9.17) is 19.3 Å². The summed E-state index contributed by atoms with van der Waals surface area (Å²) < 4.78 is 15.0. The predicted octanol–water partition coefficient (Wildman–Crippen LogP) is -0.881. The van der Waals surface area contributed by atoms with Crippen LogP contribution in [-0.2, 0) is 14.2 Å². The van der Waals surface area contributed by atoms with Gasteiger partial charge in [-0.1, -0.05) is 0 Å². The van der Waals surface area contributed by atoms with E-state index in [1.165, 1.54) is 0 Å². The van der Waals surface area contributed by atoms with Crippen LogP contribution in [0, 0.1) is 0 Å². The van der Waals surface area contributed by atoms with Gasteiger partial charge in [0.05, 0.1) is 19.8 Å². The minimum absolute atomic E-state index is 0.0518. The molecule has 0 radical (unpaired) electrons. The van der Waals surface area contributed by atoms with Crippen LogP contribution in [0.2, 0.25) is 0 Å². The molecule has 4 nitrogen and oxygen atoms in total. The third-order valence-electron chi connectivity index (χ3n) is 1.56. The molecule has 0 aromatic heterocycles. The Bertz CT molecular complexity index is 123. The molecule has 0 saturated carbocycles. The normalized spacial score (nSPS) is 43.5. The molecule has 4 heteroatoms. The highest BCUT2D eigenvalue weighted by atomic mass is 16.8. The summed E-state index contributed by atoms with van der Waals surface area (Å²) in [4.78, 5) is 0. The number of rotatable bonds is 4. The molecule has 2 aliphatic rings. The fourth-order valence-electron chi connectivity index (χ4n) is 0.769. The Morgan fingerprint density at radius 1 is 1.60 bits per heavy atom. The number of aliphatic hydroxyl groups is 1. The average molecular weight is 146 g/mol. The quantitative estimate of drug-likeness (QED) is 0.523. The van der Waals surface area contributed by atoms with Gasteiger partial charge >= 0.3 is 0 Å². The SMILES string of the molecule is OCC1OC1OCC1CO1. The van der Waals surface area contributed by atoms with Crippen LogP contribution >= 0.6 is 0 Å². The van der Waals surface area contributed by atoms with Gasteiger partial charge in [-0.25, -0.2) is 0 Å². The largest absolute Gasteiger partial charge is 0.393 e. The molecule has 0 aromatic carbocycles. The van der Waals surface area contributed by atoms with Crippen LogP contribution in [0.4, 0.5) is 0 Å². The molecule has 3 unspecified atom stereocenters. The Kier molecular flexibility index (Phi) is 1.61. The van der Waals surface area contributed by atoms with Gasteiger partial charge in [-0.05, 0) is 0 Å². The van der Waals surface area contributed by atoms with E-state index < -0.39 is 0 Å². The number of epoxide rings is 2. The molecule has 2 rings (SSSR count). The van der Waals surface area contributed by atoms with Gasteiger partial charge in [-0.2, -0.15) is 0 Å². The maximum atomic E-state index is 8.52. The van der Waals surface area contributed by atoms with Gasteiger partial charge in [0.25, 0.3) is 0 Å². The van der Waals surface area contributed by atoms with Crippen LogP contribution < -0.4 is 0 Å². The third kappa shape index (κ3) is 1.46. The molecule has 2 saturated heterocycles. The van der Waals surface area contributed by atoms with Gasteiger partial charge in [0.2, 0.25) is 0 Å². The predicted molar refractivity (Wildman–Crippen MR) is 31.4 cm³/mol. The highest BCUT2D eigenvalue weighted by molar-refractivity contribution is 4.77. The first-order valence-corrected chi connectivity index (χ1v) is 3.39. The Balaban J connectivity index is 1.55. The van der Waals surface area contributed by atoms with E-state index in [0.717, 1.165) is 6.61 Å². The molecule has 0 aliphatic carbocycles. The van der Waals surface area contributed by atoms with Crippen LogP contribution in [-0.4, -0.2) is 43.4 Å². The molecule has 2 aliphatic heterocycles. The minimum atomic E-state index is -0.172. The van der Waals surface area contributed by atoms with Gasteiger partial charge in [-0.3, -0.25) is 0 Å². The maximum Gasteiger partial charge on any atom is 0.186 e. The molecule has 10 heavy (non-hydrogen) atoms. The summed E-state index contributed by atoms with van der Waals surface area (Å²) in [5, 5.41) is 8.52. The van der Waals surface area contributed by atoms with Crippen LogP contribution in [0.15, 0.2) is 0 Å². The summed E-state index contributed by atoms with van der Waals surface area (Å²) in [7, 11) is 0. The van der Waals surface area contributed by atoms with Crippen molar-refractivity contribution in [3.63, 3.8) is 0 Å². The molecular weight excluding hydrogens is 136 g/mol. The highest BCUT2D eigenvalue weighted by Crippen LogP contribution is 2.23. The molecule has 3 atom stereocenters. The molecule has 0 amide bonds. The van der Waals surface area contributed by atoms with Crippen LogP contribution in [0.5, 0.6) is 0 Å². The van der Waals surface area contributed by atoms with E-state index in [1.807, 2.05) is 0 Å². The number of aliphatic hydroxyl groups excluding tert-OH is 1.